The predicted molar refractivity (Wildman–Crippen MR) is 103 cm³/mol. The van der Waals surface area contributed by atoms with Crippen LogP contribution in [0.15, 0.2) is 34.8 Å². The first-order valence-corrected chi connectivity index (χ1v) is 9.24. The van der Waals surface area contributed by atoms with E-state index >= 15 is 0 Å². The maximum Gasteiger partial charge on any atom is 0.254 e. The van der Waals surface area contributed by atoms with Crippen molar-refractivity contribution in [2.75, 3.05) is 31.1 Å². The van der Waals surface area contributed by atoms with Gasteiger partial charge in [0.2, 0.25) is 0 Å². The molecule has 1 saturated heterocycles. The molecule has 0 atom stereocenters. The largest absolute Gasteiger partial charge is 0.366 e. The van der Waals surface area contributed by atoms with Crippen molar-refractivity contribution >= 4 is 27.5 Å². The van der Waals surface area contributed by atoms with Crippen molar-refractivity contribution in [1.82, 2.24) is 4.90 Å². The molecule has 3 nitrogen and oxygen atoms in total. The number of carbonyl (C=O) groups is 1. The van der Waals surface area contributed by atoms with Gasteiger partial charge < -0.3 is 9.80 Å². The number of benzene rings is 2. The van der Waals surface area contributed by atoms with Crippen LogP contribution in [-0.4, -0.2) is 37.0 Å². The zero-order valence-corrected chi connectivity index (χ0v) is 16.4. The highest BCUT2D eigenvalue weighted by Gasteiger charge is 2.25. The Hall–Kier alpha value is -1.88. The second-order valence-electron chi connectivity index (χ2n) is 6.51. The third kappa shape index (κ3) is 3.43. The molecule has 1 aliphatic heterocycles. The van der Waals surface area contributed by atoms with Crippen molar-refractivity contribution in [3.63, 3.8) is 0 Å². The Morgan fingerprint density at radius 3 is 2.28 bits per heavy atom. The molecule has 0 spiro atoms. The summed E-state index contributed by atoms with van der Waals surface area (Å²) in [6, 6.07) is 8.72. The number of nitrogens with zero attached hydrogens (tertiary/aromatic N) is 2. The second kappa shape index (κ2) is 7.16. The molecule has 2 aromatic carbocycles. The van der Waals surface area contributed by atoms with E-state index in [1.807, 2.05) is 42.7 Å². The van der Waals surface area contributed by atoms with Crippen LogP contribution < -0.4 is 4.90 Å². The van der Waals surface area contributed by atoms with Crippen LogP contribution in [0.3, 0.4) is 0 Å². The fourth-order valence-electron chi connectivity index (χ4n) is 3.26. The Kier molecular flexibility index (Phi) is 5.13. The van der Waals surface area contributed by atoms with E-state index in [4.69, 9.17) is 0 Å². The fourth-order valence-corrected chi connectivity index (χ4v) is 3.78. The van der Waals surface area contributed by atoms with Gasteiger partial charge in [-0.05, 0) is 55.7 Å². The highest BCUT2D eigenvalue weighted by molar-refractivity contribution is 9.10. The molecule has 1 fully saturated rings. The Morgan fingerprint density at radius 1 is 1.00 bits per heavy atom. The van der Waals surface area contributed by atoms with Crippen molar-refractivity contribution in [3.05, 3.63) is 62.9 Å². The van der Waals surface area contributed by atoms with E-state index in [0.29, 0.717) is 31.9 Å². The SMILES string of the molecule is Cc1c(Br)cc(C(=O)N2CCN(c3ccccc3F)CC2)c(C)c1C. The van der Waals surface area contributed by atoms with Gasteiger partial charge >= 0.3 is 0 Å². The van der Waals surface area contributed by atoms with Crippen LogP contribution in [0, 0.1) is 26.6 Å². The summed E-state index contributed by atoms with van der Waals surface area (Å²) in [6.07, 6.45) is 0. The lowest BCUT2D eigenvalue weighted by atomic mass is 9.98. The molecule has 2 aromatic rings. The number of hydrogen-bond donors (Lipinski definition) is 0. The van der Waals surface area contributed by atoms with E-state index in [0.717, 1.165) is 21.2 Å². The molecule has 25 heavy (non-hydrogen) atoms. The molecule has 0 aromatic heterocycles. The first-order chi connectivity index (χ1) is 11.9. The standard InChI is InChI=1S/C20H22BrFN2O/c1-13-14(2)16(12-17(21)15(13)3)20(25)24-10-8-23(9-11-24)19-7-5-4-6-18(19)22/h4-7,12H,8-11H2,1-3H3. The summed E-state index contributed by atoms with van der Waals surface area (Å²) in [5.41, 5.74) is 4.69. The number of piperazine rings is 1. The quantitative estimate of drug-likeness (QED) is 0.736. The molecule has 3 rings (SSSR count). The summed E-state index contributed by atoms with van der Waals surface area (Å²) in [7, 11) is 0. The van der Waals surface area contributed by atoms with Crippen molar-refractivity contribution in [3.8, 4) is 0 Å². The van der Waals surface area contributed by atoms with Crippen LogP contribution in [0.4, 0.5) is 10.1 Å². The van der Waals surface area contributed by atoms with Gasteiger partial charge in [-0.2, -0.15) is 0 Å². The third-order valence-electron chi connectivity index (χ3n) is 5.15. The fraction of sp³-hybridized carbons (Fsp3) is 0.350. The minimum Gasteiger partial charge on any atom is -0.366 e. The maximum atomic E-state index is 13.9. The lowest BCUT2D eigenvalue weighted by Gasteiger charge is -2.36. The van der Waals surface area contributed by atoms with Crippen molar-refractivity contribution < 1.29 is 9.18 Å². The predicted octanol–water partition coefficient (Wildman–Crippen LogP) is 4.48. The van der Waals surface area contributed by atoms with E-state index in [2.05, 4.69) is 15.9 Å². The topological polar surface area (TPSA) is 23.6 Å². The molecule has 1 aliphatic rings. The van der Waals surface area contributed by atoms with Crippen LogP contribution in [0.1, 0.15) is 27.0 Å². The number of hydrogen-bond acceptors (Lipinski definition) is 2. The first kappa shape index (κ1) is 17.9. The zero-order valence-electron chi connectivity index (χ0n) is 14.8. The molecular formula is C20H22BrFN2O. The normalized spacial score (nSPS) is 14.8. The van der Waals surface area contributed by atoms with E-state index in [9.17, 15) is 9.18 Å². The second-order valence-corrected chi connectivity index (χ2v) is 7.37. The van der Waals surface area contributed by atoms with Crippen molar-refractivity contribution in [1.29, 1.82) is 0 Å². The van der Waals surface area contributed by atoms with Gasteiger partial charge in [-0.3, -0.25) is 4.79 Å². The van der Waals surface area contributed by atoms with Gasteiger partial charge in [0, 0.05) is 36.2 Å². The summed E-state index contributed by atoms with van der Waals surface area (Å²) in [6.45, 7) is 8.55. The molecule has 0 saturated carbocycles. The van der Waals surface area contributed by atoms with Crippen molar-refractivity contribution in [2.45, 2.75) is 20.8 Å². The Morgan fingerprint density at radius 2 is 1.64 bits per heavy atom. The summed E-state index contributed by atoms with van der Waals surface area (Å²) in [5.74, 6) is -0.161. The molecule has 0 bridgehead atoms. The minimum absolute atomic E-state index is 0.0504. The van der Waals surface area contributed by atoms with E-state index in [1.54, 1.807) is 12.1 Å². The lowest BCUT2D eigenvalue weighted by molar-refractivity contribution is 0.0745. The molecular weight excluding hydrogens is 383 g/mol. The molecule has 0 radical (unpaired) electrons. The molecule has 0 unspecified atom stereocenters. The summed E-state index contributed by atoms with van der Waals surface area (Å²) in [4.78, 5) is 16.8. The van der Waals surface area contributed by atoms with Gasteiger partial charge in [0.25, 0.3) is 5.91 Å². The third-order valence-corrected chi connectivity index (χ3v) is 5.97. The Labute approximate surface area is 156 Å². The number of halogens is 2. The van der Waals surface area contributed by atoms with Crippen LogP contribution in [-0.2, 0) is 0 Å². The van der Waals surface area contributed by atoms with E-state index in [1.165, 1.54) is 11.6 Å². The first-order valence-electron chi connectivity index (χ1n) is 8.45. The molecule has 0 aliphatic carbocycles. The minimum atomic E-state index is -0.212. The van der Waals surface area contributed by atoms with Crippen LogP contribution >= 0.6 is 15.9 Å². The van der Waals surface area contributed by atoms with Gasteiger partial charge in [0.05, 0.1) is 5.69 Å². The lowest BCUT2D eigenvalue weighted by Crippen LogP contribution is -2.49. The van der Waals surface area contributed by atoms with Crippen molar-refractivity contribution in [2.24, 2.45) is 0 Å². The molecule has 0 N–H and O–H groups in total. The van der Waals surface area contributed by atoms with Crippen LogP contribution in [0.25, 0.3) is 0 Å². The smallest absolute Gasteiger partial charge is 0.254 e. The summed E-state index contributed by atoms with van der Waals surface area (Å²) < 4.78 is 14.9. The van der Waals surface area contributed by atoms with E-state index in [-0.39, 0.29) is 11.7 Å². The zero-order chi connectivity index (χ0) is 18.1. The monoisotopic (exact) mass is 404 g/mol. The number of para-hydroxylation sites is 1. The highest BCUT2D eigenvalue weighted by Crippen LogP contribution is 2.27. The number of rotatable bonds is 2. The average Bonchev–Trinajstić information content (AvgIpc) is 2.63. The van der Waals surface area contributed by atoms with Crippen LogP contribution in [0.2, 0.25) is 0 Å². The average molecular weight is 405 g/mol. The summed E-state index contributed by atoms with van der Waals surface area (Å²) in [5, 5.41) is 0. The highest BCUT2D eigenvalue weighted by atomic mass is 79.9. The molecule has 1 heterocycles. The van der Waals surface area contributed by atoms with Gasteiger partial charge in [0.15, 0.2) is 0 Å². The van der Waals surface area contributed by atoms with Gasteiger partial charge in [-0.15, -0.1) is 0 Å². The molecule has 1 amide bonds. The van der Waals surface area contributed by atoms with Crippen LogP contribution in [0.5, 0.6) is 0 Å². The van der Waals surface area contributed by atoms with Gasteiger partial charge in [0.1, 0.15) is 5.82 Å². The maximum absolute atomic E-state index is 13.9. The van der Waals surface area contributed by atoms with E-state index < -0.39 is 0 Å². The van der Waals surface area contributed by atoms with Gasteiger partial charge in [-0.25, -0.2) is 4.39 Å². The molecule has 132 valence electrons. The number of amides is 1. The number of carbonyl (C=O) groups excluding carboxylic acids is 1. The number of anilines is 1. The molecule has 5 heteroatoms. The van der Waals surface area contributed by atoms with Gasteiger partial charge in [-0.1, -0.05) is 28.1 Å². The Bertz CT molecular complexity index is 814. The summed E-state index contributed by atoms with van der Waals surface area (Å²) >= 11 is 3.55. The Balaban J connectivity index is 1.76.